The molecule has 16 heavy (non-hydrogen) atoms. The van der Waals surface area contributed by atoms with Gasteiger partial charge in [0.15, 0.2) is 6.10 Å². The van der Waals surface area contributed by atoms with Gasteiger partial charge in [-0.25, -0.2) is 9.59 Å². The van der Waals surface area contributed by atoms with Crippen molar-refractivity contribution in [2.24, 2.45) is 0 Å². The van der Waals surface area contributed by atoms with Gasteiger partial charge in [-0.15, -0.1) is 0 Å². The molecular weight excluding hydrogens is 212 g/mol. The Labute approximate surface area is 95.0 Å². The minimum atomic E-state index is -1.56. The number of rotatable bonds is 7. The summed E-state index contributed by atoms with van der Waals surface area (Å²) in [5.74, 6) is -1.35. The van der Waals surface area contributed by atoms with Crippen LogP contribution in [0.2, 0.25) is 0 Å². The van der Waals surface area contributed by atoms with Gasteiger partial charge >= 0.3 is 12.0 Å². The number of carboxylic acids is 1. The Morgan fingerprint density at radius 2 is 2.00 bits per heavy atom. The first kappa shape index (κ1) is 14.7. The summed E-state index contributed by atoms with van der Waals surface area (Å²) in [5, 5.41) is 22.2. The van der Waals surface area contributed by atoms with Gasteiger partial charge < -0.3 is 20.8 Å². The highest BCUT2D eigenvalue weighted by Crippen LogP contribution is 1.98. The van der Waals surface area contributed by atoms with E-state index in [1.165, 1.54) is 0 Å². The standard InChI is InChI=1S/C10H20N2O4/c1-3-4-5-7(2)12-10(16)11-6-8(13)9(14)15/h7-8,13H,3-6H2,1-2H3,(H,14,15)(H2,11,12,16)/t7?,8-/m0/s1. The van der Waals surface area contributed by atoms with Crippen molar-refractivity contribution in [3.05, 3.63) is 0 Å². The minimum Gasteiger partial charge on any atom is -0.479 e. The normalized spacial score (nSPS) is 13.9. The van der Waals surface area contributed by atoms with Crippen LogP contribution in [-0.2, 0) is 4.79 Å². The molecule has 0 radical (unpaired) electrons. The predicted octanol–water partition coefficient (Wildman–Crippen LogP) is 0.310. The van der Waals surface area contributed by atoms with E-state index in [1.807, 2.05) is 6.92 Å². The van der Waals surface area contributed by atoms with Crippen molar-refractivity contribution in [1.29, 1.82) is 0 Å². The van der Waals surface area contributed by atoms with Crippen LogP contribution in [0.4, 0.5) is 4.79 Å². The number of unbranched alkanes of at least 4 members (excludes halogenated alkanes) is 1. The third-order valence-electron chi connectivity index (χ3n) is 2.11. The molecule has 0 rings (SSSR count). The van der Waals surface area contributed by atoms with Crippen molar-refractivity contribution in [1.82, 2.24) is 10.6 Å². The second-order valence-corrected chi connectivity index (χ2v) is 3.75. The molecule has 0 aliphatic rings. The van der Waals surface area contributed by atoms with E-state index in [-0.39, 0.29) is 12.6 Å². The molecule has 1 unspecified atom stereocenters. The summed E-state index contributed by atoms with van der Waals surface area (Å²) in [5.41, 5.74) is 0. The Morgan fingerprint density at radius 1 is 1.38 bits per heavy atom. The molecule has 0 aliphatic heterocycles. The summed E-state index contributed by atoms with van der Waals surface area (Å²) in [6.07, 6.45) is 1.41. The lowest BCUT2D eigenvalue weighted by Crippen LogP contribution is -2.45. The van der Waals surface area contributed by atoms with Crippen LogP contribution in [0.5, 0.6) is 0 Å². The van der Waals surface area contributed by atoms with E-state index in [2.05, 4.69) is 17.6 Å². The van der Waals surface area contributed by atoms with Gasteiger partial charge in [-0.2, -0.15) is 0 Å². The third-order valence-corrected chi connectivity index (χ3v) is 2.11. The Bertz CT molecular complexity index is 233. The largest absolute Gasteiger partial charge is 0.479 e. The van der Waals surface area contributed by atoms with E-state index in [1.54, 1.807) is 0 Å². The summed E-state index contributed by atoms with van der Waals surface area (Å²) >= 11 is 0. The van der Waals surface area contributed by atoms with Crippen LogP contribution in [0.15, 0.2) is 0 Å². The number of urea groups is 1. The average Bonchev–Trinajstić information content (AvgIpc) is 2.22. The maximum atomic E-state index is 11.2. The van der Waals surface area contributed by atoms with E-state index < -0.39 is 18.1 Å². The summed E-state index contributed by atoms with van der Waals surface area (Å²) in [6.45, 7) is 3.65. The molecule has 6 heteroatoms. The van der Waals surface area contributed by atoms with Crippen molar-refractivity contribution in [3.8, 4) is 0 Å². The molecule has 2 atom stereocenters. The zero-order chi connectivity index (χ0) is 12.6. The lowest BCUT2D eigenvalue weighted by Gasteiger charge is -2.14. The number of hydrogen-bond donors (Lipinski definition) is 4. The molecule has 0 saturated carbocycles. The quantitative estimate of drug-likeness (QED) is 0.507. The van der Waals surface area contributed by atoms with Crippen LogP contribution in [-0.4, -0.2) is 40.9 Å². The van der Waals surface area contributed by atoms with Gasteiger partial charge in [-0.3, -0.25) is 0 Å². The fraction of sp³-hybridized carbons (Fsp3) is 0.800. The molecule has 0 saturated heterocycles. The zero-order valence-electron chi connectivity index (χ0n) is 9.69. The molecule has 6 nitrogen and oxygen atoms in total. The summed E-state index contributed by atoms with van der Waals surface area (Å²) in [6, 6.07) is -0.411. The number of aliphatic hydroxyl groups excluding tert-OH is 1. The molecule has 0 aliphatic carbocycles. The number of amides is 2. The number of hydrogen-bond acceptors (Lipinski definition) is 3. The molecule has 0 aromatic carbocycles. The monoisotopic (exact) mass is 232 g/mol. The molecule has 94 valence electrons. The molecule has 4 N–H and O–H groups in total. The number of carbonyl (C=O) groups excluding carboxylic acids is 1. The number of aliphatic hydroxyl groups is 1. The van der Waals surface area contributed by atoms with Gasteiger partial charge in [0.2, 0.25) is 0 Å². The lowest BCUT2D eigenvalue weighted by atomic mass is 10.1. The van der Waals surface area contributed by atoms with Gasteiger partial charge in [0, 0.05) is 6.04 Å². The Balaban J connectivity index is 3.69. The van der Waals surface area contributed by atoms with Crippen LogP contribution >= 0.6 is 0 Å². The molecule has 0 aromatic rings. The second-order valence-electron chi connectivity index (χ2n) is 3.75. The Hall–Kier alpha value is -1.30. The third kappa shape index (κ3) is 7.05. The molecule has 0 spiro atoms. The van der Waals surface area contributed by atoms with E-state index >= 15 is 0 Å². The fourth-order valence-electron chi connectivity index (χ4n) is 1.13. The first-order valence-electron chi connectivity index (χ1n) is 5.42. The Morgan fingerprint density at radius 3 is 2.50 bits per heavy atom. The molecule has 0 fully saturated rings. The highest BCUT2D eigenvalue weighted by Gasteiger charge is 2.14. The summed E-state index contributed by atoms with van der Waals surface area (Å²) in [7, 11) is 0. The van der Waals surface area contributed by atoms with Gasteiger partial charge in [0.25, 0.3) is 0 Å². The smallest absolute Gasteiger partial charge is 0.334 e. The average molecular weight is 232 g/mol. The van der Waals surface area contributed by atoms with Crippen molar-refractivity contribution in [2.45, 2.75) is 45.3 Å². The number of aliphatic carboxylic acids is 1. The van der Waals surface area contributed by atoms with Crippen molar-refractivity contribution in [3.63, 3.8) is 0 Å². The highest BCUT2D eigenvalue weighted by molar-refractivity contribution is 5.76. The van der Waals surface area contributed by atoms with Gasteiger partial charge in [0.1, 0.15) is 0 Å². The highest BCUT2D eigenvalue weighted by atomic mass is 16.4. The van der Waals surface area contributed by atoms with Crippen molar-refractivity contribution >= 4 is 12.0 Å². The van der Waals surface area contributed by atoms with Crippen molar-refractivity contribution in [2.75, 3.05) is 6.54 Å². The minimum absolute atomic E-state index is 0.0434. The Kier molecular flexibility index (Phi) is 7.28. The topological polar surface area (TPSA) is 98.7 Å². The first-order valence-corrected chi connectivity index (χ1v) is 5.42. The zero-order valence-corrected chi connectivity index (χ0v) is 9.69. The first-order chi connectivity index (χ1) is 7.47. The molecule has 0 bridgehead atoms. The van der Waals surface area contributed by atoms with Crippen LogP contribution < -0.4 is 10.6 Å². The molecule has 2 amide bonds. The van der Waals surface area contributed by atoms with Gasteiger partial charge in [0.05, 0.1) is 6.54 Å². The van der Waals surface area contributed by atoms with E-state index in [0.29, 0.717) is 0 Å². The second kappa shape index (κ2) is 7.92. The van der Waals surface area contributed by atoms with E-state index in [4.69, 9.17) is 10.2 Å². The maximum absolute atomic E-state index is 11.2. The van der Waals surface area contributed by atoms with E-state index in [0.717, 1.165) is 19.3 Å². The number of carboxylic acid groups (broad SMARTS) is 1. The van der Waals surface area contributed by atoms with E-state index in [9.17, 15) is 9.59 Å². The van der Waals surface area contributed by atoms with Gasteiger partial charge in [-0.05, 0) is 13.3 Å². The van der Waals surface area contributed by atoms with Crippen LogP contribution in [0.25, 0.3) is 0 Å². The van der Waals surface area contributed by atoms with Crippen LogP contribution in [0.3, 0.4) is 0 Å². The van der Waals surface area contributed by atoms with Crippen molar-refractivity contribution < 1.29 is 19.8 Å². The molecular formula is C10H20N2O4. The maximum Gasteiger partial charge on any atom is 0.334 e. The van der Waals surface area contributed by atoms with Crippen LogP contribution in [0.1, 0.15) is 33.1 Å². The SMILES string of the molecule is CCCCC(C)NC(=O)NC[C@H](O)C(=O)O. The summed E-state index contributed by atoms with van der Waals surface area (Å²) < 4.78 is 0. The number of nitrogens with one attached hydrogen (secondary N) is 2. The van der Waals surface area contributed by atoms with Crippen LogP contribution in [0, 0.1) is 0 Å². The van der Waals surface area contributed by atoms with Gasteiger partial charge in [-0.1, -0.05) is 19.8 Å². The predicted molar refractivity (Wildman–Crippen MR) is 59.2 cm³/mol. The lowest BCUT2D eigenvalue weighted by molar-refractivity contribution is -0.146. The number of carbonyl (C=O) groups is 2. The fourth-order valence-corrected chi connectivity index (χ4v) is 1.13. The molecule has 0 aromatic heterocycles. The summed E-state index contributed by atoms with van der Waals surface area (Å²) in [4.78, 5) is 21.5. The molecule has 0 heterocycles.